The lowest BCUT2D eigenvalue weighted by molar-refractivity contribution is -0.0530. The van der Waals surface area contributed by atoms with Crippen LogP contribution in [0.5, 0.6) is 0 Å². The number of nitrogen functional groups attached to an aromatic ring is 1. The molecule has 8 N–H and O–H groups in total. The normalized spacial score (nSPS) is 31.8. The van der Waals surface area contributed by atoms with Crippen molar-refractivity contribution in [3.05, 3.63) is 12.0 Å². The average molecular weight is 273 g/mol. The summed E-state index contributed by atoms with van der Waals surface area (Å²) in [6, 6.07) is 0. The summed E-state index contributed by atoms with van der Waals surface area (Å²) in [6.45, 7) is -0.461. The van der Waals surface area contributed by atoms with Crippen LogP contribution in [0.15, 0.2) is 11.5 Å². The van der Waals surface area contributed by atoms with Crippen LogP contribution in [0, 0.1) is 0 Å². The quantitative estimate of drug-likeness (QED) is 0.148. The molecule has 0 saturated carbocycles. The Hall–Kier alpha value is -1.88. The first kappa shape index (κ1) is 13.5. The first-order valence-corrected chi connectivity index (χ1v) is 5.44. The predicted molar refractivity (Wildman–Crippen MR) is 62.2 cm³/mol. The Morgan fingerprint density at radius 1 is 1.47 bits per heavy atom. The summed E-state index contributed by atoms with van der Waals surface area (Å²) < 4.78 is 6.53. The van der Waals surface area contributed by atoms with Crippen LogP contribution in [-0.4, -0.2) is 60.8 Å². The van der Waals surface area contributed by atoms with Crippen molar-refractivity contribution in [2.24, 2.45) is 10.9 Å². The molecule has 19 heavy (non-hydrogen) atoms. The number of nitrogens with two attached hydrogens (primary N) is 2. The highest BCUT2D eigenvalue weighted by Crippen LogP contribution is 2.31. The largest absolute Gasteiger partial charge is 0.409 e. The van der Waals surface area contributed by atoms with Gasteiger partial charge >= 0.3 is 0 Å². The maximum absolute atomic E-state index is 9.88. The lowest BCUT2D eigenvalue weighted by atomic mass is 10.1. The highest BCUT2D eigenvalue weighted by molar-refractivity contribution is 5.99. The smallest absolute Gasteiger partial charge is 0.190 e. The number of oxime groups is 1. The third-order valence-electron chi connectivity index (χ3n) is 2.96. The fourth-order valence-corrected chi connectivity index (χ4v) is 1.99. The molecular weight excluding hydrogens is 258 g/mol. The zero-order valence-corrected chi connectivity index (χ0v) is 9.79. The van der Waals surface area contributed by atoms with Crippen molar-refractivity contribution >= 4 is 11.7 Å². The van der Waals surface area contributed by atoms with E-state index in [9.17, 15) is 10.2 Å². The molecule has 4 atom stereocenters. The Bertz CT molecular complexity index is 489. The van der Waals surface area contributed by atoms with Crippen LogP contribution in [0.2, 0.25) is 0 Å². The standard InChI is InChI=1S/C9H15N5O5/c10-7-4(8(11)13-18)14(2-12-7)9-6(17)5(16)3(1-15)19-9/h2-3,5-6,9,15-18H,1,10H2,(H2,11,13)/t3-,5-,6-,9-/m1/s1. The zero-order chi connectivity index (χ0) is 14.2. The number of aromatic nitrogens is 2. The predicted octanol–water partition coefficient (Wildman–Crippen LogP) is -2.83. The third-order valence-corrected chi connectivity index (χ3v) is 2.96. The van der Waals surface area contributed by atoms with E-state index in [0.717, 1.165) is 0 Å². The number of aliphatic hydroxyl groups is 3. The molecule has 10 heteroatoms. The molecule has 1 aromatic rings. The average Bonchev–Trinajstić information content (AvgIpc) is 2.91. The summed E-state index contributed by atoms with van der Waals surface area (Å²) in [5.41, 5.74) is 11.1. The van der Waals surface area contributed by atoms with Gasteiger partial charge in [0.15, 0.2) is 17.9 Å². The summed E-state index contributed by atoms with van der Waals surface area (Å²) >= 11 is 0. The van der Waals surface area contributed by atoms with Crippen molar-refractivity contribution in [3.63, 3.8) is 0 Å². The second kappa shape index (κ2) is 5.01. The van der Waals surface area contributed by atoms with E-state index in [0.29, 0.717) is 0 Å². The van der Waals surface area contributed by atoms with Gasteiger partial charge in [0.2, 0.25) is 0 Å². The van der Waals surface area contributed by atoms with Gasteiger partial charge in [-0.15, -0.1) is 0 Å². The molecule has 0 aliphatic carbocycles. The van der Waals surface area contributed by atoms with Gasteiger partial charge in [0, 0.05) is 0 Å². The molecule has 0 bridgehead atoms. The lowest BCUT2D eigenvalue weighted by Gasteiger charge is -2.18. The molecule has 106 valence electrons. The third kappa shape index (κ3) is 2.10. The van der Waals surface area contributed by atoms with E-state index in [-0.39, 0.29) is 17.3 Å². The summed E-state index contributed by atoms with van der Waals surface area (Å²) in [5, 5.41) is 40.1. The van der Waals surface area contributed by atoms with Crippen molar-refractivity contribution in [1.29, 1.82) is 0 Å². The molecule has 2 rings (SSSR count). The molecule has 0 amide bonds. The van der Waals surface area contributed by atoms with Crippen LogP contribution in [0.3, 0.4) is 0 Å². The first-order valence-electron chi connectivity index (χ1n) is 5.44. The van der Waals surface area contributed by atoms with Crippen LogP contribution < -0.4 is 11.5 Å². The molecular formula is C9H15N5O5. The second-order valence-electron chi connectivity index (χ2n) is 4.10. The highest BCUT2D eigenvalue weighted by atomic mass is 16.6. The van der Waals surface area contributed by atoms with Gasteiger partial charge in [-0.25, -0.2) is 4.98 Å². The van der Waals surface area contributed by atoms with E-state index in [1.54, 1.807) is 0 Å². The first-order chi connectivity index (χ1) is 9.01. The number of nitrogens with zero attached hydrogens (tertiary/aromatic N) is 3. The summed E-state index contributed by atoms with van der Waals surface area (Å²) in [4.78, 5) is 3.77. The number of rotatable bonds is 3. The molecule has 1 saturated heterocycles. The molecule has 1 aromatic heterocycles. The van der Waals surface area contributed by atoms with Gasteiger partial charge in [-0.05, 0) is 0 Å². The monoisotopic (exact) mass is 273 g/mol. The minimum Gasteiger partial charge on any atom is -0.409 e. The van der Waals surface area contributed by atoms with E-state index in [2.05, 4.69) is 10.1 Å². The number of amidine groups is 1. The van der Waals surface area contributed by atoms with Crippen molar-refractivity contribution in [2.45, 2.75) is 24.5 Å². The fraction of sp³-hybridized carbons (Fsp3) is 0.556. The van der Waals surface area contributed by atoms with Gasteiger partial charge < -0.3 is 36.7 Å². The second-order valence-corrected chi connectivity index (χ2v) is 4.10. The van der Waals surface area contributed by atoms with Gasteiger partial charge in [0.05, 0.1) is 12.9 Å². The Morgan fingerprint density at radius 2 is 2.16 bits per heavy atom. The number of imidazole rings is 1. The Labute approximate surface area is 107 Å². The lowest BCUT2D eigenvalue weighted by Crippen LogP contribution is -2.33. The van der Waals surface area contributed by atoms with Crippen molar-refractivity contribution < 1.29 is 25.3 Å². The van der Waals surface area contributed by atoms with Crippen molar-refractivity contribution in [2.75, 3.05) is 12.3 Å². The molecule has 0 spiro atoms. The summed E-state index contributed by atoms with van der Waals surface area (Å²) in [5.74, 6) is -0.333. The topological polar surface area (TPSA) is 172 Å². The zero-order valence-electron chi connectivity index (χ0n) is 9.79. The molecule has 1 aliphatic heterocycles. The number of anilines is 1. The van der Waals surface area contributed by atoms with E-state index >= 15 is 0 Å². The van der Waals surface area contributed by atoms with E-state index in [4.69, 9.17) is 26.5 Å². The molecule has 1 fully saturated rings. The van der Waals surface area contributed by atoms with E-state index in [1.165, 1.54) is 10.9 Å². The SMILES string of the molecule is N/C(=N\O)c1c(N)ncn1[C@@H]1O[C@H](CO)[C@@H](O)[C@H]1O. The van der Waals surface area contributed by atoms with Gasteiger partial charge in [-0.2, -0.15) is 0 Å². The fourth-order valence-electron chi connectivity index (χ4n) is 1.99. The molecule has 10 nitrogen and oxygen atoms in total. The van der Waals surface area contributed by atoms with Gasteiger partial charge in [-0.3, -0.25) is 4.57 Å². The minimum atomic E-state index is -1.31. The van der Waals surface area contributed by atoms with Crippen LogP contribution in [0.4, 0.5) is 5.82 Å². The van der Waals surface area contributed by atoms with Gasteiger partial charge in [-0.1, -0.05) is 5.16 Å². The molecule has 0 radical (unpaired) electrons. The number of hydrogen-bond acceptors (Lipinski definition) is 8. The molecule has 0 aromatic carbocycles. The Balaban J connectivity index is 2.38. The van der Waals surface area contributed by atoms with Crippen LogP contribution in [-0.2, 0) is 4.74 Å². The summed E-state index contributed by atoms with van der Waals surface area (Å²) in [6.07, 6.45) is -3.34. The maximum atomic E-state index is 9.88. The Kier molecular flexibility index (Phi) is 3.57. The molecule has 0 unspecified atom stereocenters. The molecule has 2 heterocycles. The van der Waals surface area contributed by atoms with E-state index < -0.39 is 31.1 Å². The minimum absolute atomic E-state index is 0.0203. The van der Waals surface area contributed by atoms with Crippen LogP contribution in [0.25, 0.3) is 0 Å². The summed E-state index contributed by atoms with van der Waals surface area (Å²) in [7, 11) is 0. The van der Waals surface area contributed by atoms with Crippen molar-refractivity contribution in [1.82, 2.24) is 9.55 Å². The maximum Gasteiger partial charge on any atom is 0.190 e. The number of aliphatic hydroxyl groups excluding tert-OH is 3. The van der Waals surface area contributed by atoms with Crippen LogP contribution >= 0.6 is 0 Å². The number of hydrogen-bond donors (Lipinski definition) is 6. The van der Waals surface area contributed by atoms with Crippen molar-refractivity contribution in [3.8, 4) is 0 Å². The molecule has 1 aliphatic rings. The number of ether oxygens (including phenoxy) is 1. The van der Waals surface area contributed by atoms with E-state index in [1.807, 2.05) is 0 Å². The van der Waals surface area contributed by atoms with Gasteiger partial charge in [0.1, 0.15) is 24.0 Å². The van der Waals surface area contributed by atoms with Crippen LogP contribution in [0.1, 0.15) is 11.9 Å². The van der Waals surface area contributed by atoms with Gasteiger partial charge in [0.25, 0.3) is 0 Å². The Morgan fingerprint density at radius 3 is 2.68 bits per heavy atom. The highest BCUT2D eigenvalue weighted by Gasteiger charge is 2.44.